The van der Waals surface area contributed by atoms with Crippen molar-refractivity contribution in [3.05, 3.63) is 27.1 Å². The van der Waals surface area contributed by atoms with Gasteiger partial charge in [-0.3, -0.25) is 10.1 Å². The largest absolute Gasteiger partial charge is 0.324 e. The van der Waals surface area contributed by atoms with Crippen molar-refractivity contribution in [2.75, 3.05) is 6.54 Å². The van der Waals surface area contributed by atoms with Gasteiger partial charge in [0.15, 0.2) is 0 Å². The van der Waals surface area contributed by atoms with Crippen LogP contribution in [0.2, 0.25) is 0 Å². The predicted molar refractivity (Wildman–Crippen MR) is 55.5 cm³/mol. The van der Waals surface area contributed by atoms with Gasteiger partial charge in [-0.2, -0.15) is 0 Å². The Labute approximate surface area is 86.1 Å². The minimum atomic E-state index is -0.333. The minimum absolute atomic E-state index is 0.217. The highest BCUT2D eigenvalue weighted by Crippen LogP contribution is 2.42. The van der Waals surface area contributed by atoms with Crippen molar-refractivity contribution < 1.29 is 4.92 Å². The summed E-state index contributed by atoms with van der Waals surface area (Å²) in [4.78, 5) is 10.2. The second kappa shape index (κ2) is 3.03. The molecule has 0 aromatic carbocycles. The molecule has 1 unspecified atom stereocenters. The van der Waals surface area contributed by atoms with Crippen LogP contribution in [0.4, 0.5) is 5.00 Å². The van der Waals surface area contributed by atoms with Crippen molar-refractivity contribution in [2.24, 2.45) is 5.41 Å². The highest BCUT2D eigenvalue weighted by Gasteiger charge is 2.39. The van der Waals surface area contributed by atoms with E-state index in [1.807, 2.05) is 5.38 Å². The van der Waals surface area contributed by atoms with E-state index in [0.717, 1.165) is 12.1 Å². The fraction of sp³-hybridized carbons (Fsp3) is 0.556. The first-order chi connectivity index (χ1) is 6.50. The van der Waals surface area contributed by atoms with Gasteiger partial charge in [0.05, 0.1) is 4.92 Å². The number of thiophene rings is 1. The summed E-state index contributed by atoms with van der Waals surface area (Å²) in [6, 6.07) is 1.94. The van der Waals surface area contributed by atoms with Crippen LogP contribution >= 0.6 is 11.3 Å². The van der Waals surface area contributed by atoms with Crippen molar-refractivity contribution in [3.63, 3.8) is 0 Å². The van der Waals surface area contributed by atoms with E-state index in [1.165, 1.54) is 11.3 Å². The Morgan fingerprint density at radius 2 is 2.43 bits per heavy atom. The van der Waals surface area contributed by atoms with Crippen molar-refractivity contribution >= 4 is 16.3 Å². The van der Waals surface area contributed by atoms with Crippen molar-refractivity contribution in [3.8, 4) is 0 Å². The third-order valence-electron chi connectivity index (χ3n) is 2.66. The Morgan fingerprint density at radius 1 is 1.71 bits per heavy atom. The van der Waals surface area contributed by atoms with E-state index in [1.54, 1.807) is 6.07 Å². The Bertz CT molecular complexity index is 373. The van der Waals surface area contributed by atoms with Crippen LogP contribution in [0.5, 0.6) is 0 Å². The molecular weight excluding hydrogens is 200 g/mol. The number of nitro groups is 1. The van der Waals surface area contributed by atoms with Gasteiger partial charge < -0.3 is 5.32 Å². The predicted octanol–water partition coefficient (Wildman–Crippen LogP) is 2.33. The van der Waals surface area contributed by atoms with Gasteiger partial charge in [0.2, 0.25) is 0 Å². The van der Waals surface area contributed by atoms with Crippen LogP contribution in [0.15, 0.2) is 11.4 Å². The summed E-state index contributed by atoms with van der Waals surface area (Å²) >= 11 is 1.20. The first-order valence-electron chi connectivity index (χ1n) is 4.47. The van der Waals surface area contributed by atoms with Gasteiger partial charge in [0, 0.05) is 24.0 Å². The molecule has 14 heavy (non-hydrogen) atoms. The Kier molecular flexibility index (Phi) is 2.08. The summed E-state index contributed by atoms with van der Waals surface area (Å²) in [5.41, 5.74) is 1.26. The zero-order chi connectivity index (χ0) is 10.3. The maximum atomic E-state index is 10.5. The topological polar surface area (TPSA) is 55.2 Å². The molecule has 0 radical (unpaired) electrons. The molecule has 0 bridgehead atoms. The molecule has 0 aliphatic carbocycles. The maximum absolute atomic E-state index is 10.5. The molecule has 1 fully saturated rings. The van der Waals surface area contributed by atoms with Crippen LogP contribution in [0.25, 0.3) is 0 Å². The number of nitrogens with zero attached hydrogens (tertiary/aromatic N) is 1. The molecule has 1 aromatic heterocycles. The van der Waals surface area contributed by atoms with Crippen LogP contribution in [0.3, 0.4) is 0 Å². The molecule has 1 saturated heterocycles. The number of rotatable bonds is 2. The summed E-state index contributed by atoms with van der Waals surface area (Å²) in [6.45, 7) is 5.30. The lowest BCUT2D eigenvalue weighted by molar-refractivity contribution is -0.380. The molecule has 1 N–H and O–H groups in total. The Morgan fingerprint density at radius 3 is 2.79 bits per heavy atom. The molecule has 1 aromatic rings. The lowest BCUT2D eigenvalue weighted by atomic mass is 9.74. The van der Waals surface area contributed by atoms with Crippen LogP contribution < -0.4 is 5.32 Å². The van der Waals surface area contributed by atoms with Crippen LogP contribution in [0.1, 0.15) is 25.5 Å². The third kappa shape index (κ3) is 1.42. The van der Waals surface area contributed by atoms with Crippen molar-refractivity contribution in [1.82, 2.24) is 5.32 Å². The first-order valence-corrected chi connectivity index (χ1v) is 5.35. The quantitative estimate of drug-likeness (QED) is 0.604. The Hall–Kier alpha value is -0.940. The van der Waals surface area contributed by atoms with Crippen LogP contribution in [-0.4, -0.2) is 11.5 Å². The summed E-state index contributed by atoms with van der Waals surface area (Å²) in [7, 11) is 0. The molecule has 0 amide bonds. The highest BCUT2D eigenvalue weighted by atomic mass is 32.1. The van der Waals surface area contributed by atoms with Crippen LogP contribution in [-0.2, 0) is 0 Å². The highest BCUT2D eigenvalue weighted by molar-refractivity contribution is 7.13. The second-order valence-corrected chi connectivity index (χ2v) is 5.17. The standard InChI is InChI=1S/C9H12N2O2S/c1-9(2)5-10-8(9)6-3-7(11(12)13)14-4-6/h3-4,8,10H,5H2,1-2H3. The molecule has 0 spiro atoms. The van der Waals surface area contributed by atoms with Gasteiger partial charge in [-0.05, 0) is 11.0 Å². The smallest absolute Gasteiger partial charge is 0.309 e. The van der Waals surface area contributed by atoms with E-state index >= 15 is 0 Å². The van der Waals surface area contributed by atoms with Gasteiger partial charge in [-0.15, -0.1) is 0 Å². The lowest BCUT2D eigenvalue weighted by Crippen LogP contribution is -2.52. The molecule has 0 saturated carbocycles. The molecule has 1 aliphatic heterocycles. The average molecular weight is 212 g/mol. The maximum Gasteiger partial charge on any atom is 0.324 e. The normalized spacial score (nSPS) is 24.3. The molecule has 4 nitrogen and oxygen atoms in total. The zero-order valence-corrected chi connectivity index (χ0v) is 8.93. The number of hydrogen-bond acceptors (Lipinski definition) is 4. The van der Waals surface area contributed by atoms with Gasteiger partial charge in [-0.1, -0.05) is 25.2 Å². The van der Waals surface area contributed by atoms with E-state index < -0.39 is 0 Å². The van der Waals surface area contributed by atoms with Gasteiger partial charge in [0.1, 0.15) is 0 Å². The molecule has 2 rings (SSSR count). The summed E-state index contributed by atoms with van der Waals surface area (Å²) in [5, 5.41) is 15.9. The van der Waals surface area contributed by atoms with E-state index in [9.17, 15) is 10.1 Å². The molecule has 2 heterocycles. The van der Waals surface area contributed by atoms with Gasteiger partial charge in [0.25, 0.3) is 0 Å². The monoisotopic (exact) mass is 212 g/mol. The third-order valence-corrected chi connectivity index (χ3v) is 3.56. The summed E-state index contributed by atoms with van der Waals surface area (Å²) in [5.74, 6) is 0. The summed E-state index contributed by atoms with van der Waals surface area (Å²) in [6.07, 6.45) is 0. The molecule has 76 valence electrons. The van der Waals surface area contributed by atoms with Crippen LogP contribution in [0, 0.1) is 15.5 Å². The SMILES string of the molecule is CC1(C)CNC1c1csc([N+](=O)[O-])c1. The van der Waals surface area contributed by atoms with E-state index in [0.29, 0.717) is 0 Å². The molecule has 1 aliphatic rings. The van der Waals surface area contributed by atoms with E-state index in [-0.39, 0.29) is 21.4 Å². The minimum Gasteiger partial charge on any atom is -0.309 e. The molecule has 1 atom stereocenters. The van der Waals surface area contributed by atoms with Crippen molar-refractivity contribution in [1.29, 1.82) is 0 Å². The van der Waals surface area contributed by atoms with Crippen molar-refractivity contribution in [2.45, 2.75) is 19.9 Å². The zero-order valence-electron chi connectivity index (χ0n) is 8.11. The number of nitrogens with one attached hydrogen (secondary N) is 1. The van der Waals surface area contributed by atoms with E-state index in [4.69, 9.17) is 0 Å². The molecular formula is C9H12N2O2S. The van der Waals surface area contributed by atoms with Gasteiger partial charge in [-0.25, -0.2) is 0 Å². The number of hydrogen-bond donors (Lipinski definition) is 1. The average Bonchev–Trinajstić information content (AvgIpc) is 2.51. The van der Waals surface area contributed by atoms with E-state index in [2.05, 4.69) is 19.2 Å². The lowest BCUT2D eigenvalue weighted by Gasteiger charge is -2.45. The summed E-state index contributed by atoms with van der Waals surface area (Å²) < 4.78 is 0. The fourth-order valence-electron chi connectivity index (χ4n) is 1.77. The second-order valence-electron chi connectivity index (χ2n) is 4.28. The Balaban J connectivity index is 2.22. The van der Waals surface area contributed by atoms with Gasteiger partial charge >= 0.3 is 5.00 Å². The molecule has 5 heteroatoms. The fourth-order valence-corrected chi connectivity index (χ4v) is 2.52. The first kappa shape index (κ1) is 9.61.